The molecule has 2 amide bonds. The topological polar surface area (TPSA) is 124 Å². The Morgan fingerprint density at radius 2 is 2.03 bits per heavy atom. The van der Waals surface area contributed by atoms with E-state index in [-0.39, 0.29) is 19.0 Å². The van der Waals surface area contributed by atoms with E-state index in [9.17, 15) is 14.0 Å². The number of fused-ring (bicyclic) bond motifs is 1. The number of carbonyl (C=O) groups is 2. The monoisotopic (exact) mass is 551 g/mol. The van der Waals surface area contributed by atoms with Crippen LogP contribution < -0.4 is 25.4 Å². The Hall–Kier alpha value is -4.64. The van der Waals surface area contributed by atoms with Crippen LogP contribution in [0.3, 0.4) is 0 Å². The maximum Gasteiger partial charge on any atom is 0.407 e. The molecular weight excluding hydrogens is 529 g/mol. The van der Waals surface area contributed by atoms with E-state index in [0.29, 0.717) is 56.8 Å². The zero-order valence-electron chi connectivity index (χ0n) is 20.7. The molecule has 2 heterocycles. The van der Waals surface area contributed by atoms with Crippen molar-refractivity contribution in [2.45, 2.75) is 19.6 Å². The molecule has 10 nitrogen and oxygen atoms in total. The number of amides is 2. The average molecular weight is 552 g/mol. The Morgan fingerprint density at radius 1 is 1.15 bits per heavy atom. The number of rotatable bonds is 9. The predicted octanol–water partition coefficient (Wildman–Crippen LogP) is 5.19. The van der Waals surface area contributed by atoms with Gasteiger partial charge in [0.15, 0.2) is 0 Å². The quantitative estimate of drug-likeness (QED) is 0.260. The van der Waals surface area contributed by atoms with E-state index in [4.69, 9.17) is 25.8 Å². The van der Waals surface area contributed by atoms with E-state index in [2.05, 4.69) is 25.9 Å². The van der Waals surface area contributed by atoms with Gasteiger partial charge in [-0.2, -0.15) is 0 Å². The largest absolute Gasteiger partial charge is 0.492 e. The van der Waals surface area contributed by atoms with Gasteiger partial charge in [-0.3, -0.25) is 4.79 Å². The minimum atomic E-state index is -0.823. The van der Waals surface area contributed by atoms with Crippen LogP contribution in [0, 0.1) is 5.82 Å². The molecule has 5 rings (SSSR count). The summed E-state index contributed by atoms with van der Waals surface area (Å²) >= 11 is 6.45. The van der Waals surface area contributed by atoms with Gasteiger partial charge >= 0.3 is 6.09 Å². The summed E-state index contributed by atoms with van der Waals surface area (Å²) in [7, 11) is 0. The first-order valence-electron chi connectivity index (χ1n) is 12.0. The van der Waals surface area contributed by atoms with E-state index >= 15 is 0 Å². The Labute approximate surface area is 227 Å². The summed E-state index contributed by atoms with van der Waals surface area (Å²) in [5.41, 5.74) is 2.27. The Balaban J connectivity index is 1.37. The van der Waals surface area contributed by atoms with E-state index in [0.717, 1.165) is 0 Å². The summed E-state index contributed by atoms with van der Waals surface area (Å²) in [6.45, 7) is 2.28. The molecule has 0 bridgehead atoms. The highest BCUT2D eigenvalue weighted by Crippen LogP contribution is 2.35. The summed E-state index contributed by atoms with van der Waals surface area (Å²) < 4.78 is 29.7. The molecule has 0 aliphatic carbocycles. The third-order valence-electron chi connectivity index (χ3n) is 5.76. The second-order valence-electron chi connectivity index (χ2n) is 8.49. The van der Waals surface area contributed by atoms with Gasteiger partial charge in [-0.1, -0.05) is 23.7 Å². The summed E-state index contributed by atoms with van der Waals surface area (Å²) in [5, 5.41) is 9.40. The standard InChI is InChI=1S/C27H23ClFN5O5/c1-2-37-24-11-20-18(10-21(24)33-26(35)22-13-39-27(36)34-22)25(31-14-30-20)32-17-6-7-23(19(28)9-17)38-12-15-4-3-5-16(29)8-15/h3-11,14,22H,2,12-13H2,1H3,(H,33,35)(H,34,36)(H,30,31,32). The number of benzene rings is 3. The van der Waals surface area contributed by atoms with Gasteiger partial charge < -0.3 is 30.2 Å². The van der Waals surface area contributed by atoms with E-state index in [1.54, 1.807) is 42.5 Å². The highest BCUT2D eigenvalue weighted by molar-refractivity contribution is 6.32. The molecule has 200 valence electrons. The van der Waals surface area contributed by atoms with Crippen molar-refractivity contribution in [2.75, 3.05) is 23.8 Å². The number of hydrogen-bond donors (Lipinski definition) is 3. The van der Waals surface area contributed by atoms with E-state index in [1.165, 1.54) is 18.5 Å². The molecule has 1 atom stereocenters. The van der Waals surface area contributed by atoms with Crippen molar-refractivity contribution in [2.24, 2.45) is 0 Å². The van der Waals surface area contributed by atoms with Gasteiger partial charge in [-0.15, -0.1) is 0 Å². The van der Waals surface area contributed by atoms with Crippen molar-refractivity contribution in [1.82, 2.24) is 15.3 Å². The van der Waals surface area contributed by atoms with Crippen LogP contribution in [0.15, 0.2) is 60.9 Å². The van der Waals surface area contributed by atoms with Crippen LogP contribution in [0.5, 0.6) is 11.5 Å². The second kappa shape index (κ2) is 11.4. The van der Waals surface area contributed by atoms with Gasteiger partial charge in [-0.05, 0) is 48.9 Å². The molecule has 39 heavy (non-hydrogen) atoms. The molecule has 0 spiro atoms. The summed E-state index contributed by atoms with van der Waals surface area (Å²) in [5.74, 6) is 0.521. The fraction of sp³-hybridized carbons (Fsp3) is 0.185. The molecule has 0 saturated carbocycles. The average Bonchev–Trinajstić information content (AvgIpc) is 3.35. The van der Waals surface area contributed by atoms with Crippen LogP contribution in [0.1, 0.15) is 12.5 Å². The molecule has 12 heteroatoms. The maximum atomic E-state index is 13.4. The highest BCUT2D eigenvalue weighted by Gasteiger charge is 2.29. The van der Waals surface area contributed by atoms with Crippen molar-refractivity contribution in [3.63, 3.8) is 0 Å². The van der Waals surface area contributed by atoms with Crippen LogP contribution in [-0.4, -0.2) is 41.2 Å². The summed E-state index contributed by atoms with van der Waals surface area (Å²) in [4.78, 5) is 32.7. The van der Waals surface area contributed by atoms with Crippen LogP contribution in [0.25, 0.3) is 10.9 Å². The SMILES string of the molecule is CCOc1cc2ncnc(Nc3ccc(OCc4cccc(F)c4)c(Cl)c3)c2cc1NC(=O)C1COC(=O)N1. The number of anilines is 3. The van der Waals surface area contributed by atoms with Crippen LogP contribution in [-0.2, 0) is 16.1 Å². The predicted molar refractivity (Wildman–Crippen MR) is 143 cm³/mol. The number of nitrogens with zero attached hydrogens (tertiary/aromatic N) is 2. The van der Waals surface area contributed by atoms with Crippen molar-refractivity contribution < 1.29 is 28.2 Å². The number of hydrogen-bond acceptors (Lipinski definition) is 8. The molecule has 0 radical (unpaired) electrons. The number of alkyl carbamates (subject to hydrolysis) is 1. The van der Waals surface area contributed by atoms with Gasteiger partial charge in [0.25, 0.3) is 5.91 Å². The highest BCUT2D eigenvalue weighted by atomic mass is 35.5. The van der Waals surface area contributed by atoms with E-state index < -0.39 is 18.0 Å². The smallest absolute Gasteiger partial charge is 0.407 e. The first-order valence-corrected chi connectivity index (χ1v) is 12.4. The van der Waals surface area contributed by atoms with Gasteiger partial charge in [-0.25, -0.2) is 19.2 Å². The minimum Gasteiger partial charge on any atom is -0.492 e. The number of carbonyl (C=O) groups excluding carboxylic acids is 2. The molecule has 3 N–H and O–H groups in total. The minimum absolute atomic E-state index is 0.0686. The molecule has 1 fully saturated rings. The van der Waals surface area contributed by atoms with Crippen molar-refractivity contribution >= 4 is 51.7 Å². The lowest BCUT2D eigenvalue weighted by Gasteiger charge is -2.16. The summed E-state index contributed by atoms with van der Waals surface area (Å²) in [6.07, 6.45) is 0.755. The number of nitrogens with one attached hydrogen (secondary N) is 3. The fourth-order valence-electron chi connectivity index (χ4n) is 3.92. The van der Waals surface area contributed by atoms with Crippen LogP contribution >= 0.6 is 11.6 Å². The van der Waals surface area contributed by atoms with Crippen molar-refractivity contribution in [3.8, 4) is 11.5 Å². The maximum absolute atomic E-state index is 13.4. The lowest BCUT2D eigenvalue weighted by atomic mass is 10.1. The van der Waals surface area contributed by atoms with Gasteiger partial charge in [0, 0.05) is 17.1 Å². The molecule has 1 aliphatic heterocycles. The molecule has 1 unspecified atom stereocenters. The third kappa shape index (κ3) is 6.10. The zero-order chi connectivity index (χ0) is 27.4. The number of aromatic nitrogens is 2. The number of cyclic esters (lactones) is 1. The summed E-state index contributed by atoms with van der Waals surface area (Å²) in [6, 6.07) is 13.8. The Morgan fingerprint density at radius 3 is 2.77 bits per heavy atom. The van der Waals surface area contributed by atoms with Gasteiger partial charge in [0.05, 0.1) is 22.8 Å². The molecular formula is C27H23ClFN5O5. The molecule has 1 aromatic heterocycles. The number of ether oxygens (including phenoxy) is 3. The van der Waals surface area contributed by atoms with Crippen molar-refractivity contribution in [1.29, 1.82) is 0 Å². The third-order valence-corrected chi connectivity index (χ3v) is 6.06. The Bertz CT molecular complexity index is 1550. The normalized spacial score (nSPS) is 14.4. The number of halogens is 2. The van der Waals surface area contributed by atoms with Crippen LogP contribution in [0.4, 0.5) is 26.4 Å². The van der Waals surface area contributed by atoms with Crippen molar-refractivity contribution in [3.05, 3.63) is 77.3 Å². The molecule has 3 aromatic carbocycles. The first kappa shape index (κ1) is 26.0. The zero-order valence-corrected chi connectivity index (χ0v) is 21.4. The molecule has 4 aromatic rings. The van der Waals surface area contributed by atoms with E-state index in [1.807, 2.05) is 6.92 Å². The lowest BCUT2D eigenvalue weighted by molar-refractivity contribution is -0.117. The molecule has 1 saturated heterocycles. The van der Waals surface area contributed by atoms with Crippen LogP contribution in [0.2, 0.25) is 5.02 Å². The lowest BCUT2D eigenvalue weighted by Crippen LogP contribution is -2.38. The first-order chi connectivity index (χ1) is 18.9. The molecule has 1 aliphatic rings. The fourth-order valence-corrected chi connectivity index (χ4v) is 4.16. The van der Waals surface area contributed by atoms with Gasteiger partial charge in [0.2, 0.25) is 0 Å². The Kier molecular flexibility index (Phi) is 7.60. The van der Waals surface area contributed by atoms with Gasteiger partial charge in [0.1, 0.15) is 48.7 Å². The second-order valence-corrected chi connectivity index (χ2v) is 8.90.